The molecule has 1 N–H and O–H groups in total. The van der Waals surface area contributed by atoms with Gasteiger partial charge in [0.2, 0.25) is 0 Å². The Hall–Kier alpha value is -3.42. The Morgan fingerprint density at radius 2 is 1.72 bits per heavy atom. The van der Waals surface area contributed by atoms with E-state index in [1.807, 2.05) is 0 Å². The molecule has 0 unspecified atom stereocenters. The Kier molecular flexibility index (Phi) is 5.67. The van der Waals surface area contributed by atoms with Crippen molar-refractivity contribution in [3.8, 4) is 5.75 Å². The monoisotopic (exact) mass is 344 g/mol. The summed E-state index contributed by atoms with van der Waals surface area (Å²) in [4.78, 5) is 46.9. The summed E-state index contributed by atoms with van der Waals surface area (Å²) in [5.41, 5.74) is 0.646. The average molecular weight is 344 g/mol. The molecule has 1 aromatic rings. The molecule has 1 aliphatic rings. The molecule has 0 fully saturated rings. The zero-order valence-corrected chi connectivity index (χ0v) is 13.5. The third-order valence-electron chi connectivity index (χ3n) is 3.07. The number of benzene rings is 1. The van der Waals surface area contributed by atoms with Gasteiger partial charge < -0.3 is 14.8 Å². The fourth-order valence-corrected chi connectivity index (χ4v) is 1.88. The molecule has 3 amide bonds. The lowest BCUT2D eigenvalue weighted by molar-refractivity contribution is -0.138. The van der Waals surface area contributed by atoms with Crippen molar-refractivity contribution < 1.29 is 28.7 Å². The van der Waals surface area contributed by atoms with Crippen LogP contribution in [-0.2, 0) is 19.1 Å². The molecule has 0 atom stereocenters. The summed E-state index contributed by atoms with van der Waals surface area (Å²) in [6, 6.07) is 5.88. The lowest BCUT2D eigenvalue weighted by Gasteiger charge is -2.14. The van der Waals surface area contributed by atoms with Crippen molar-refractivity contribution in [2.75, 3.05) is 18.1 Å². The molecule has 0 radical (unpaired) electrons. The highest BCUT2D eigenvalue weighted by atomic mass is 16.6. The van der Waals surface area contributed by atoms with E-state index in [4.69, 9.17) is 9.47 Å². The summed E-state index contributed by atoms with van der Waals surface area (Å²) < 4.78 is 9.84. The van der Waals surface area contributed by atoms with E-state index in [-0.39, 0.29) is 24.5 Å². The van der Waals surface area contributed by atoms with Gasteiger partial charge in [-0.15, -0.1) is 0 Å². The van der Waals surface area contributed by atoms with Crippen LogP contribution in [0.15, 0.2) is 48.6 Å². The molecular weight excluding hydrogens is 328 g/mol. The highest BCUT2D eigenvalue weighted by molar-refractivity contribution is 6.28. The van der Waals surface area contributed by atoms with Gasteiger partial charge in [-0.1, -0.05) is 6.58 Å². The maximum atomic E-state index is 11.6. The zero-order valence-electron chi connectivity index (χ0n) is 13.5. The number of amides is 3. The second kappa shape index (κ2) is 7.91. The molecule has 1 heterocycles. The van der Waals surface area contributed by atoms with Gasteiger partial charge in [-0.25, -0.2) is 14.5 Å². The zero-order chi connectivity index (χ0) is 18.4. The van der Waals surface area contributed by atoms with Crippen LogP contribution in [0.25, 0.3) is 0 Å². The van der Waals surface area contributed by atoms with Crippen molar-refractivity contribution in [1.29, 1.82) is 0 Å². The molecule has 25 heavy (non-hydrogen) atoms. The highest BCUT2D eigenvalue weighted by Gasteiger charge is 2.24. The normalized spacial score (nSPS) is 12.9. The van der Waals surface area contributed by atoms with Crippen LogP contribution < -0.4 is 15.0 Å². The molecule has 0 saturated carbocycles. The summed E-state index contributed by atoms with van der Waals surface area (Å²) in [6.07, 6.45) is 1.64. The van der Waals surface area contributed by atoms with E-state index in [2.05, 4.69) is 11.9 Å². The van der Waals surface area contributed by atoms with Crippen LogP contribution in [0.2, 0.25) is 0 Å². The average Bonchev–Trinajstić information content (AvgIpc) is 2.91. The van der Waals surface area contributed by atoms with Crippen LogP contribution in [0.4, 0.5) is 10.5 Å². The maximum absolute atomic E-state index is 11.6. The minimum atomic E-state index is -0.728. The van der Waals surface area contributed by atoms with Crippen molar-refractivity contribution in [3.63, 3.8) is 0 Å². The minimum absolute atomic E-state index is 0.00802. The summed E-state index contributed by atoms with van der Waals surface area (Å²) >= 11 is 0. The Morgan fingerprint density at radius 3 is 2.28 bits per heavy atom. The number of imide groups is 1. The Labute approximate surface area is 143 Å². The Morgan fingerprint density at radius 1 is 1.12 bits per heavy atom. The Balaban J connectivity index is 1.80. The second-order valence-electron chi connectivity index (χ2n) is 5.07. The quantitative estimate of drug-likeness (QED) is 0.361. The molecular formula is C17H16N2O6. The van der Waals surface area contributed by atoms with Crippen molar-refractivity contribution in [2.45, 2.75) is 6.92 Å². The smallest absolute Gasteiger partial charge is 0.412 e. The molecule has 8 heteroatoms. The van der Waals surface area contributed by atoms with Crippen LogP contribution in [0, 0.1) is 0 Å². The Bertz CT molecular complexity index is 733. The van der Waals surface area contributed by atoms with Gasteiger partial charge in [0.1, 0.15) is 12.4 Å². The van der Waals surface area contributed by atoms with Gasteiger partial charge in [0.05, 0.1) is 12.2 Å². The van der Waals surface area contributed by atoms with E-state index in [0.29, 0.717) is 5.69 Å². The van der Waals surface area contributed by atoms with Gasteiger partial charge in [-0.05, 0) is 31.2 Å². The topological polar surface area (TPSA) is 102 Å². The van der Waals surface area contributed by atoms with Gasteiger partial charge >= 0.3 is 12.1 Å². The number of rotatable bonds is 6. The number of hydrogen-bond acceptors (Lipinski definition) is 6. The van der Waals surface area contributed by atoms with Gasteiger partial charge in [-0.2, -0.15) is 0 Å². The number of nitrogens with zero attached hydrogens (tertiary/aromatic N) is 1. The van der Waals surface area contributed by atoms with Crippen LogP contribution in [0.5, 0.6) is 5.75 Å². The fourth-order valence-electron chi connectivity index (χ4n) is 1.88. The molecule has 1 aromatic carbocycles. The van der Waals surface area contributed by atoms with E-state index in [0.717, 1.165) is 4.90 Å². The molecule has 0 bridgehead atoms. The van der Waals surface area contributed by atoms with Gasteiger partial charge in [0.25, 0.3) is 11.8 Å². The first-order valence-corrected chi connectivity index (χ1v) is 7.33. The number of anilines is 1. The molecule has 0 aliphatic carbocycles. The first-order chi connectivity index (χ1) is 11.9. The highest BCUT2D eigenvalue weighted by Crippen LogP contribution is 2.22. The number of nitrogens with one attached hydrogen (secondary N) is 1. The lowest BCUT2D eigenvalue weighted by atomic mass is 10.3. The molecule has 8 nitrogen and oxygen atoms in total. The third-order valence-corrected chi connectivity index (χ3v) is 3.07. The van der Waals surface area contributed by atoms with Crippen LogP contribution in [0.1, 0.15) is 6.92 Å². The summed E-state index contributed by atoms with van der Waals surface area (Å²) in [5, 5.41) is 2.41. The van der Waals surface area contributed by atoms with Gasteiger partial charge in [-0.3, -0.25) is 9.59 Å². The van der Waals surface area contributed by atoms with E-state index < -0.39 is 23.9 Å². The number of carbonyl (C=O) groups excluding carboxylic acids is 4. The fraction of sp³-hybridized carbons (Fsp3) is 0.176. The predicted molar refractivity (Wildman–Crippen MR) is 87.9 cm³/mol. The first-order valence-electron chi connectivity index (χ1n) is 7.33. The second-order valence-corrected chi connectivity index (χ2v) is 5.07. The molecule has 0 saturated heterocycles. The van der Waals surface area contributed by atoms with Gasteiger partial charge in [0, 0.05) is 17.7 Å². The molecule has 0 spiro atoms. The third kappa shape index (κ3) is 4.77. The molecule has 1 aliphatic heterocycles. The standard InChI is InChI=1S/C17H16N2O6/c1-11(2)16(22)24-10-9-18-17(23)25-13-5-3-12(4-6-13)19-14(20)7-8-15(19)21/h3-8H,1,9-10H2,2H3,(H,18,23). The van der Waals surface area contributed by atoms with Crippen molar-refractivity contribution in [3.05, 3.63) is 48.6 Å². The maximum Gasteiger partial charge on any atom is 0.412 e. The summed E-state index contributed by atoms with van der Waals surface area (Å²) in [7, 11) is 0. The lowest BCUT2D eigenvalue weighted by Crippen LogP contribution is -2.31. The van der Waals surface area contributed by atoms with Gasteiger partial charge in [0.15, 0.2) is 0 Å². The summed E-state index contributed by atoms with van der Waals surface area (Å²) in [6.45, 7) is 5.03. The number of carbonyl (C=O) groups is 4. The summed E-state index contributed by atoms with van der Waals surface area (Å²) in [5.74, 6) is -1.17. The van der Waals surface area contributed by atoms with E-state index >= 15 is 0 Å². The minimum Gasteiger partial charge on any atom is -0.460 e. The van der Waals surface area contributed by atoms with Crippen molar-refractivity contribution >= 4 is 29.6 Å². The molecule has 0 aromatic heterocycles. The number of ether oxygens (including phenoxy) is 2. The van der Waals surface area contributed by atoms with E-state index in [9.17, 15) is 19.2 Å². The molecule has 130 valence electrons. The number of esters is 1. The number of hydrogen-bond donors (Lipinski definition) is 1. The van der Waals surface area contributed by atoms with Crippen LogP contribution in [0.3, 0.4) is 0 Å². The van der Waals surface area contributed by atoms with Crippen LogP contribution in [-0.4, -0.2) is 37.0 Å². The predicted octanol–water partition coefficient (Wildman–Crippen LogP) is 1.32. The van der Waals surface area contributed by atoms with Crippen LogP contribution >= 0.6 is 0 Å². The van der Waals surface area contributed by atoms with E-state index in [1.165, 1.54) is 43.3 Å². The SMILES string of the molecule is C=C(C)C(=O)OCCNC(=O)Oc1ccc(N2C(=O)C=CC2=O)cc1. The van der Waals surface area contributed by atoms with E-state index in [1.54, 1.807) is 0 Å². The largest absolute Gasteiger partial charge is 0.460 e. The van der Waals surface area contributed by atoms with Crippen molar-refractivity contribution in [2.24, 2.45) is 0 Å². The molecule has 2 rings (SSSR count). The van der Waals surface area contributed by atoms with Crippen molar-refractivity contribution in [1.82, 2.24) is 5.32 Å². The first kappa shape index (κ1) is 17.9.